The normalized spacial score (nSPS) is 16.0. The van der Waals surface area contributed by atoms with Gasteiger partial charge in [0.25, 0.3) is 11.8 Å². The molecule has 0 saturated carbocycles. The van der Waals surface area contributed by atoms with E-state index in [1.165, 1.54) is 4.88 Å². The number of aryl methyl sites for hydroxylation is 2. The standard InChI is InChI=1S/C28H29N3O2S/c1-3-4-17-31-22-11-7-5-9-20(22)25(28(31)33)30-27-24(21-10-6-8-12-23(21)34-27)26(32)29-19-15-13-18(2)14-16-19/h5,7,9,11,13-16H,3-4,6,8,10,12,17H2,1-2H3,(H,29,32). The van der Waals surface area contributed by atoms with Crippen molar-refractivity contribution in [2.24, 2.45) is 4.99 Å². The molecule has 2 aliphatic rings. The van der Waals surface area contributed by atoms with Crippen molar-refractivity contribution < 1.29 is 9.59 Å². The Morgan fingerprint density at radius 1 is 1.09 bits per heavy atom. The van der Waals surface area contributed by atoms with Crippen LogP contribution in [0.4, 0.5) is 16.4 Å². The minimum absolute atomic E-state index is 0.0779. The van der Waals surface area contributed by atoms with Gasteiger partial charge in [-0.2, -0.15) is 0 Å². The molecule has 0 bridgehead atoms. The van der Waals surface area contributed by atoms with Gasteiger partial charge < -0.3 is 10.2 Å². The van der Waals surface area contributed by atoms with Gasteiger partial charge >= 0.3 is 0 Å². The highest BCUT2D eigenvalue weighted by Gasteiger charge is 2.34. The lowest BCUT2D eigenvalue weighted by atomic mass is 9.95. The van der Waals surface area contributed by atoms with Crippen LogP contribution in [0, 0.1) is 6.92 Å². The van der Waals surface area contributed by atoms with Crippen LogP contribution in [0.5, 0.6) is 0 Å². The molecule has 2 amide bonds. The van der Waals surface area contributed by atoms with E-state index >= 15 is 0 Å². The Kier molecular flexibility index (Phi) is 6.33. The van der Waals surface area contributed by atoms with Crippen LogP contribution in [-0.2, 0) is 17.6 Å². The molecular weight excluding hydrogens is 442 g/mol. The predicted molar refractivity (Wildman–Crippen MR) is 140 cm³/mol. The number of amides is 2. The zero-order valence-corrected chi connectivity index (χ0v) is 20.5. The predicted octanol–water partition coefficient (Wildman–Crippen LogP) is 6.46. The van der Waals surface area contributed by atoms with E-state index in [4.69, 9.17) is 4.99 Å². The van der Waals surface area contributed by atoms with Crippen molar-refractivity contribution in [3.8, 4) is 0 Å². The highest BCUT2D eigenvalue weighted by atomic mass is 32.1. The highest BCUT2D eigenvalue weighted by molar-refractivity contribution is 7.16. The summed E-state index contributed by atoms with van der Waals surface area (Å²) in [4.78, 5) is 34.9. The second kappa shape index (κ2) is 9.55. The first-order valence-electron chi connectivity index (χ1n) is 12.1. The number of rotatable bonds is 6. The molecule has 5 rings (SSSR count). The van der Waals surface area contributed by atoms with Gasteiger partial charge in [0, 0.05) is 22.7 Å². The summed E-state index contributed by atoms with van der Waals surface area (Å²) >= 11 is 1.57. The summed E-state index contributed by atoms with van der Waals surface area (Å²) in [5.74, 6) is -0.227. The fraction of sp³-hybridized carbons (Fsp3) is 0.321. The number of aliphatic imine (C=N–C) groups is 1. The van der Waals surface area contributed by atoms with Crippen molar-refractivity contribution in [1.82, 2.24) is 0 Å². The zero-order valence-electron chi connectivity index (χ0n) is 19.7. The van der Waals surface area contributed by atoms with Crippen LogP contribution in [0.15, 0.2) is 53.5 Å². The van der Waals surface area contributed by atoms with E-state index in [0.29, 0.717) is 22.8 Å². The lowest BCUT2D eigenvalue weighted by Crippen LogP contribution is -2.30. The third-order valence-electron chi connectivity index (χ3n) is 6.54. The summed E-state index contributed by atoms with van der Waals surface area (Å²) in [6, 6.07) is 15.6. The molecule has 34 heavy (non-hydrogen) atoms. The first kappa shape index (κ1) is 22.5. The molecule has 2 heterocycles. The number of hydrogen-bond acceptors (Lipinski definition) is 4. The zero-order chi connectivity index (χ0) is 23.7. The lowest BCUT2D eigenvalue weighted by Gasteiger charge is -2.15. The average molecular weight is 472 g/mol. The molecule has 1 aliphatic heterocycles. The third-order valence-corrected chi connectivity index (χ3v) is 7.72. The smallest absolute Gasteiger partial charge is 0.277 e. The van der Waals surface area contributed by atoms with Crippen molar-refractivity contribution in [3.63, 3.8) is 0 Å². The molecule has 6 heteroatoms. The molecule has 2 aromatic carbocycles. The summed E-state index contributed by atoms with van der Waals surface area (Å²) in [5.41, 5.74) is 5.83. The van der Waals surface area contributed by atoms with Gasteiger partial charge in [-0.1, -0.05) is 49.2 Å². The number of benzene rings is 2. The van der Waals surface area contributed by atoms with Crippen LogP contribution in [-0.4, -0.2) is 24.1 Å². The maximum Gasteiger partial charge on any atom is 0.277 e. The van der Waals surface area contributed by atoms with Crippen LogP contribution in [0.25, 0.3) is 0 Å². The minimum atomic E-state index is -0.149. The van der Waals surface area contributed by atoms with Crippen LogP contribution in [0.3, 0.4) is 0 Å². The van der Waals surface area contributed by atoms with Crippen LogP contribution < -0.4 is 10.2 Å². The van der Waals surface area contributed by atoms with Gasteiger partial charge in [0.15, 0.2) is 0 Å². The fourth-order valence-corrected chi connectivity index (χ4v) is 5.97. The van der Waals surface area contributed by atoms with E-state index in [2.05, 4.69) is 12.2 Å². The minimum Gasteiger partial charge on any atom is -0.322 e. The van der Waals surface area contributed by atoms with E-state index in [1.807, 2.05) is 60.4 Å². The Morgan fingerprint density at radius 3 is 2.65 bits per heavy atom. The maximum atomic E-state index is 13.5. The summed E-state index contributed by atoms with van der Waals surface area (Å²) in [6.45, 7) is 4.82. The molecular formula is C28H29N3O2S. The van der Waals surface area contributed by atoms with Crippen molar-refractivity contribution in [2.75, 3.05) is 16.8 Å². The summed E-state index contributed by atoms with van der Waals surface area (Å²) in [6.07, 6.45) is 5.97. The quantitative estimate of drug-likeness (QED) is 0.449. The molecule has 5 nitrogen and oxygen atoms in total. The van der Waals surface area contributed by atoms with E-state index < -0.39 is 0 Å². The van der Waals surface area contributed by atoms with E-state index in [1.54, 1.807) is 11.3 Å². The molecule has 0 unspecified atom stereocenters. The van der Waals surface area contributed by atoms with Gasteiger partial charge in [0.1, 0.15) is 10.7 Å². The van der Waals surface area contributed by atoms with Gasteiger partial charge in [-0.3, -0.25) is 9.59 Å². The van der Waals surface area contributed by atoms with Crippen LogP contribution in [0.2, 0.25) is 0 Å². The molecule has 0 spiro atoms. The molecule has 1 N–H and O–H groups in total. The van der Waals surface area contributed by atoms with Gasteiger partial charge in [0.2, 0.25) is 0 Å². The van der Waals surface area contributed by atoms with Crippen molar-refractivity contribution in [1.29, 1.82) is 0 Å². The number of para-hydroxylation sites is 1. The number of hydrogen-bond donors (Lipinski definition) is 1. The number of nitrogens with zero attached hydrogens (tertiary/aromatic N) is 2. The third kappa shape index (κ3) is 4.18. The summed E-state index contributed by atoms with van der Waals surface area (Å²) < 4.78 is 0. The van der Waals surface area contributed by atoms with E-state index in [0.717, 1.165) is 66.6 Å². The van der Waals surface area contributed by atoms with E-state index in [9.17, 15) is 9.59 Å². The molecule has 1 aromatic heterocycles. The number of fused-ring (bicyclic) bond motifs is 2. The Morgan fingerprint density at radius 2 is 1.85 bits per heavy atom. The maximum absolute atomic E-state index is 13.5. The number of anilines is 2. The molecule has 0 saturated heterocycles. The molecule has 3 aromatic rings. The van der Waals surface area contributed by atoms with E-state index in [-0.39, 0.29) is 11.8 Å². The molecule has 0 radical (unpaired) electrons. The lowest BCUT2D eigenvalue weighted by molar-refractivity contribution is -0.112. The van der Waals surface area contributed by atoms with Crippen molar-refractivity contribution in [2.45, 2.75) is 52.4 Å². The number of nitrogens with one attached hydrogen (secondary N) is 1. The molecule has 0 fully saturated rings. The van der Waals surface area contributed by atoms with Crippen molar-refractivity contribution >= 4 is 45.2 Å². The van der Waals surface area contributed by atoms with Gasteiger partial charge in [-0.25, -0.2) is 4.99 Å². The Bertz CT molecular complexity index is 1270. The first-order chi connectivity index (χ1) is 16.6. The Labute approximate surface area is 204 Å². The summed E-state index contributed by atoms with van der Waals surface area (Å²) in [5, 5.41) is 3.70. The highest BCUT2D eigenvalue weighted by Crippen LogP contribution is 2.42. The van der Waals surface area contributed by atoms with Gasteiger partial charge in [-0.05, 0) is 62.8 Å². The second-order valence-corrected chi connectivity index (χ2v) is 10.1. The Hall–Kier alpha value is -3.25. The molecule has 0 atom stereocenters. The van der Waals surface area contributed by atoms with Crippen molar-refractivity contribution in [3.05, 3.63) is 75.7 Å². The number of carbonyl (C=O) groups is 2. The second-order valence-electron chi connectivity index (χ2n) is 9.00. The number of unbranched alkanes of at least 4 members (excludes halogenated alkanes) is 1. The fourth-order valence-electron chi connectivity index (χ4n) is 4.70. The number of thiophene rings is 1. The topological polar surface area (TPSA) is 61.8 Å². The summed E-state index contributed by atoms with van der Waals surface area (Å²) in [7, 11) is 0. The number of carbonyl (C=O) groups excluding carboxylic acids is 2. The average Bonchev–Trinajstić information content (AvgIpc) is 3.34. The first-order valence-corrected chi connectivity index (χ1v) is 12.9. The van der Waals surface area contributed by atoms with Gasteiger partial charge in [-0.15, -0.1) is 11.3 Å². The largest absolute Gasteiger partial charge is 0.322 e. The van der Waals surface area contributed by atoms with Gasteiger partial charge in [0.05, 0.1) is 11.3 Å². The SMILES string of the molecule is CCCCN1C(=O)C(=Nc2sc3c(c2C(=O)Nc2ccc(C)cc2)CCCC3)c2ccccc21. The molecule has 1 aliphatic carbocycles. The van der Waals surface area contributed by atoms with Crippen LogP contribution >= 0.6 is 11.3 Å². The van der Waals surface area contributed by atoms with Crippen LogP contribution in [0.1, 0.15) is 64.5 Å². The molecule has 174 valence electrons. The monoisotopic (exact) mass is 471 g/mol. The Balaban J connectivity index is 1.56.